The summed E-state index contributed by atoms with van der Waals surface area (Å²) in [6.45, 7) is -6.34. The molecule has 2 unspecified atom stereocenters. The van der Waals surface area contributed by atoms with E-state index in [4.69, 9.17) is 0 Å². The van der Waals surface area contributed by atoms with Crippen LogP contribution in [0, 0.1) is 0 Å². The van der Waals surface area contributed by atoms with Gasteiger partial charge in [0.25, 0.3) is 0 Å². The molecule has 2 saturated heterocycles. The maximum Gasteiger partial charge on any atom is 0.508 e. The zero-order valence-electron chi connectivity index (χ0n) is 21.9. The summed E-state index contributed by atoms with van der Waals surface area (Å²) in [5.41, 5.74) is 0. The largest absolute Gasteiger partial charge is 0.508 e. The van der Waals surface area contributed by atoms with Gasteiger partial charge in [-0.2, -0.15) is 79.0 Å². The number of halogens is 18. The highest BCUT2D eigenvalue weighted by Crippen LogP contribution is 2.57. The molecule has 0 aromatic carbocycles. The first-order chi connectivity index (χ1) is 19.7. The monoisotopic (exact) mass is 712 g/mol. The second kappa shape index (κ2) is 12.4. The van der Waals surface area contributed by atoms with Crippen LogP contribution in [0.15, 0.2) is 0 Å². The average Bonchev–Trinajstić information content (AvgIpc) is 3.44. The molecule has 2 fully saturated rings. The number of hydrogen-bond donors (Lipinski definition) is 0. The Bertz CT molecular complexity index is 1050. The number of hydrogen-bond acceptors (Lipinski definition) is 7. The van der Waals surface area contributed by atoms with Crippen LogP contribution in [0.2, 0.25) is 0 Å². The maximum atomic E-state index is 13.3. The molecule has 0 spiro atoms. The summed E-state index contributed by atoms with van der Waals surface area (Å²) >= 11 is 0. The van der Waals surface area contributed by atoms with Crippen molar-refractivity contribution in [3.05, 3.63) is 0 Å². The van der Waals surface area contributed by atoms with Gasteiger partial charge in [0.1, 0.15) is 25.9 Å². The van der Waals surface area contributed by atoms with Crippen molar-refractivity contribution in [1.29, 1.82) is 0 Å². The molecule has 2 heterocycles. The Morgan fingerprint density at radius 3 is 1.27 bits per heavy atom. The molecule has 0 bridgehead atoms. The number of alkyl halides is 18. The van der Waals surface area contributed by atoms with E-state index in [1.807, 2.05) is 0 Å². The average molecular weight is 712 g/mol. The molecule has 0 N–H and O–H groups in total. The summed E-state index contributed by atoms with van der Waals surface area (Å²) in [5, 5.41) is 0. The number of rotatable bonds is 13. The lowest BCUT2D eigenvalue weighted by Gasteiger charge is -2.38. The van der Waals surface area contributed by atoms with Gasteiger partial charge in [0.15, 0.2) is 6.10 Å². The van der Waals surface area contributed by atoms with E-state index in [-0.39, 0.29) is 0 Å². The van der Waals surface area contributed by atoms with Gasteiger partial charge in [-0.1, -0.05) is 0 Å². The van der Waals surface area contributed by atoms with Gasteiger partial charge < -0.3 is 23.7 Å². The lowest BCUT2D eigenvalue weighted by molar-refractivity contribution is -0.402. The Labute approximate surface area is 238 Å². The third kappa shape index (κ3) is 7.80. The van der Waals surface area contributed by atoms with Crippen LogP contribution in [-0.2, 0) is 23.7 Å². The zero-order chi connectivity index (χ0) is 35.9. The lowest BCUT2D eigenvalue weighted by Crippen LogP contribution is -2.67. The van der Waals surface area contributed by atoms with Gasteiger partial charge in [-0.15, -0.1) is 0 Å². The fraction of sp³-hybridized carbons (Fsp3) is 0.900. The molecular formula is C20H18F18O7. The normalized spacial score (nSPS) is 21.0. The van der Waals surface area contributed by atoms with E-state index in [9.17, 15) is 88.6 Å². The Kier molecular flexibility index (Phi) is 11.1. The van der Waals surface area contributed by atoms with E-state index < -0.39 is 125 Å². The van der Waals surface area contributed by atoms with E-state index in [1.54, 1.807) is 0 Å². The van der Waals surface area contributed by atoms with Crippen LogP contribution in [0.1, 0.15) is 20.3 Å². The van der Waals surface area contributed by atoms with Crippen LogP contribution in [0.3, 0.4) is 0 Å². The summed E-state index contributed by atoms with van der Waals surface area (Å²) in [5.74, 6) is -56.0. The molecule has 2 rings (SSSR count). The number of cyclic esters (lactones) is 4. The van der Waals surface area contributed by atoms with Gasteiger partial charge in [0.2, 0.25) is 0 Å². The van der Waals surface area contributed by atoms with Gasteiger partial charge in [0.05, 0.1) is 13.0 Å². The molecule has 25 heteroatoms. The fourth-order valence-electron chi connectivity index (χ4n) is 2.94. The molecule has 45 heavy (non-hydrogen) atoms. The Morgan fingerprint density at radius 2 is 0.911 bits per heavy atom. The van der Waals surface area contributed by atoms with Crippen molar-refractivity contribution >= 4 is 12.3 Å². The standard InChI is InChI=1S/C11H10F10O4.C9H8F8O3/c1-7(12,13)9(16,17)11(20,21)10(18,19)8(14,15)4-23-2-5-3-24-6(22)25-5;1-6(10,11)8(14,15)9(16,17)7(12,13)2-4-3-19-5(18)20-4/h5H,2-4H2,1H3;4H,2-3H2,1H3. The van der Waals surface area contributed by atoms with E-state index in [0.717, 1.165) is 0 Å². The van der Waals surface area contributed by atoms with E-state index in [1.165, 1.54) is 0 Å². The lowest BCUT2D eigenvalue weighted by atomic mass is 9.95. The highest BCUT2D eigenvalue weighted by molar-refractivity contribution is 5.62. The van der Waals surface area contributed by atoms with Crippen LogP contribution in [0.25, 0.3) is 0 Å². The first-order valence-electron chi connectivity index (χ1n) is 11.3. The minimum atomic E-state index is -7.10. The van der Waals surface area contributed by atoms with Crippen molar-refractivity contribution in [2.75, 3.05) is 26.4 Å². The highest BCUT2D eigenvalue weighted by atomic mass is 19.4. The molecule has 2 aliphatic heterocycles. The molecule has 0 radical (unpaired) electrons. The molecule has 2 aliphatic rings. The van der Waals surface area contributed by atoms with E-state index in [2.05, 4.69) is 23.7 Å². The van der Waals surface area contributed by atoms with Gasteiger partial charge in [-0.3, -0.25) is 0 Å². The van der Waals surface area contributed by atoms with Crippen molar-refractivity contribution in [2.45, 2.75) is 85.8 Å². The SMILES string of the molecule is CC(F)(F)C(F)(F)C(F)(F)C(F)(F)C(F)(F)COCC1COC(=O)O1.CC(F)(F)C(F)(F)C(F)(F)C(F)(F)CC1COC(=O)O1. The second-order valence-electron chi connectivity index (χ2n) is 9.38. The molecule has 0 aromatic rings. The number of ether oxygens (including phenoxy) is 5. The molecule has 266 valence electrons. The summed E-state index contributed by atoms with van der Waals surface area (Å²) in [6, 6.07) is 0. The first kappa shape index (κ1) is 40.3. The third-order valence-corrected chi connectivity index (χ3v) is 5.58. The van der Waals surface area contributed by atoms with Gasteiger partial charge in [-0.25, -0.2) is 9.59 Å². The zero-order valence-corrected chi connectivity index (χ0v) is 21.9. The predicted molar refractivity (Wildman–Crippen MR) is 104 cm³/mol. The summed E-state index contributed by atoms with van der Waals surface area (Å²) in [7, 11) is 0. The molecule has 0 aliphatic carbocycles. The van der Waals surface area contributed by atoms with Crippen LogP contribution < -0.4 is 0 Å². The highest BCUT2D eigenvalue weighted by Gasteiger charge is 2.85. The Morgan fingerprint density at radius 1 is 0.556 bits per heavy atom. The van der Waals surface area contributed by atoms with Gasteiger partial charge in [0, 0.05) is 13.8 Å². The molecule has 0 aromatic heterocycles. The first-order valence-corrected chi connectivity index (χ1v) is 11.3. The molecular weight excluding hydrogens is 694 g/mol. The third-order valence-electron chi connectivity index (χ3n) is 5.58. The van der Waals surface area contributed by atoms with E-state index in [0.29, 0.717) is 0 Å². The minimum absolute atomic E-state index is 0.517. The van der Waals surface area contributed by atoms with Crippen molar-refractivity contribution in [3.8, 4) is 0 Å². The molecule has 2 atom stereocenters. The van der Waals surface area contributed by atoms with E-state index >= 15 is 0 Å². The molecule has 0 saturated carbocycles. The quantitative estimate of drug-likeness (QED) is 0.148. The minimum Gasteiger partial charge on any atom is -0.430 e. The van der Waals surface area contributed by atoms with Gasteiger partial charge in [-0.05, 0) is 0 Å². The van der Waals surface area contributed by atoms with Crippen molar-refractivity contribution in [3.63, 3.8) is 0 Å². The predicted octanol–water partition coefficient (Wildman–Crippen LogP) is 7.21. The Balaban J connectivity index is 0.000000461. The molecule has 7 nitrogen and oxygen atoms in total. The summed E-state index contributed by atoms with van der Waals surface area (Å²) in [4.78, 5) is 20.9. The van der Waals surface area contributed by atoms with Crippen LogP contribution in [0.4, 0.5) is 88.6 Å². The van der Waals surface area contributed by atoms with Crippen LogP contribution >= 0.6 is 0 Å². The number of carbonyl (C=O) groups is 2. The Hall–Kier alpha value is -2.76. The van der Waals surface area contributed by atoms with Crippen molar-refractivity contribution < 1.29 is 112 Å². The van der Waals surface area contributed by atoms with Crippen LogP contribution in [0.5, 0.6) is 0 Å². The van der Waals surface area contributed by atoms with Gasteiger partial charge >= 0.3 is 65.6 Å². The number of carbonyl (C=O) groups excluding carboxylic acids is 2. The fourth-order valence-corrected chi connectivity index (χ4v) is 2.94. The molecule has 0 amide bonds. The van der Waals surface area contributed by atoms with Crippen LogP contribution in [-0.4, -0.2) is 104 Å². The van der Waals surface area contributed by atoms with Crippen molar-refractivity contribution in [2.24, 2.45) is 0 Å². The van der Waals surface area contributed by atoms with Crippen molar-refractivity contribution in [1.82, 2.24) is 0 Å². The maximum absolute atomic E-state index is 13.3. The smallest absolute Gasteiger partial charge is 0.430 e. The second-order valence-corrected chi connectivity index (χ2v) is 9.38. The summed E-state index contributed by atoms with van der Waals surface area (Å²) < 4.78 is 254. The topological polar surface area (TPSA) is 80.3 Å². The summed E-state index contributed by atoms with van der Waals surface area (Å²) in [6.07, 6.45) is -8.00.